The minimum absolute atomic E-state index is 0.292. The number of hydrogen-bond donors (Lipinski definition) is 1. The van der Waals surface area contributed by atoms with Gasteiger partial charge in [-0.05, 0) is 6.42 Å². The zero-order valence-corrected chi connectivity index (χ0v) is 6.59. The molecule has 0 unspecified atom stereocenters. The van der Waals surface area contributed by atoms with Crippen LogP contribution < -0.4 is 0 Å². The first-order chi connectivity index (χ1) is 3.77. The number of aliphatic carboxylic acids is 1. The molecule has 0 amide bonds. The van der Waals surface area contributed by atoms with Crippen LogP contribution in [0.4, 0.5) is 0 Å². The van der Waals surface area contributed by atoms with Crippen LogP contribution in [-0.4, -0.2) is 11.1 Å². The zero-order chi connectivity index (χ0) is 6.99. The van der Waals surface area contributed by atoms with E-state index in [2.05, 4.69) is 0 Å². The van der Waals surface area contributed by atoms with Crippen LogP contribution in [0.5, 0.6) is 0 Å². The molecule has 0 aromatic heterocycles. The van der Waals surface area contributed by atoms with Crippen LogP contribution >= 0.6 is 0 Å². The van der Waals surface area contributed by atoms with Gasteiger partial charge >= 0.3 is 29.1 Å². The normalized spacial score (nSPS) is 6.62. The van der Waals surface area contributed by atoms with E-state index in [0.717, 1.165) is 6.42 Å². The van der Waals surface area contributed by atoms with Crippen molar-refractivity contribution < 1.29 is 33.1 Å². The molecule has 0 bridgehead atoms. The number of carboxylic acid groups (broad SMARTS) is 1. The van der Waals surface area contributed by atoms with Crippen molar-refractivity contribution in [1.29, 1.82) is 0 Å². The molecule has 0 atom stereocenters. The van der Waals surface area contributed by atoms with Gasteiger partial charge in [0.05, 0.1) is 0 Å². The van der Waals surface area contributed by atoms with E-state index in [0.29, 0.717) is 26.2 Å². The first kappa shape index (κ1) is 10.9. The second-order valence-corrected chi connectivity index (χ2v) is 1.14. The van der Waals surface area contributed by atoms with Crippen LogP contribution in [0, 0.1) is 0 Å². The molecule has 0 radical (unpaired) electrons. The van der Waals surface area contributed by atoms with Crippen LogP contribution in [-0.2, 0) is 28.0 Å². The quantitative estimate of drug-likeness (QED) is 0.669. The van der Waals surface area contributed by atoms with Gasteiger partial charge in [-0.2, -0.15) is 0 Å². The monoisotopic (exact) mass is 202 g/mol. The Bertz CT molecular complexity index is 64.3. The van der Waals surface area contributed by atoms with E-state index in [1.807, 2.05) is 6.92 Å². The van der Waals surface area contributed by atoms with Crippen molar-refractivity contribution in [2.45, 2.75) is 19.8 Å². The van der Waals surface area contributed by atoms with Gasteiger partial charge in [-0.15, -0.1) is 0 Å². The van der Waals surface area contributed by atoms with Crippen LogP contribution in [0.3, 0.4) is 0 Å². The number of rotatable bonds is 2. The third-order valence-corrected chi connectivity index (χ3v) is 0.464. The Morgan fingerprint density at radius 2 is 2.00 bits per heavy atom. The van der Waals surface area contributed by atoms with E-state index in [1.54, 1.807) is 0 Å². The topological polar surface area (TPSA) is 54.4 Å². The van der Waals surface area contributed by atoms with Crippen LogP contribution in [0.15, 0.2) is 0 Å². The molecular weight excluding hydrogens is 192 g/mol. The van der Waals surface area contributed by atoms with E-state index < -0.39 is 5.97 Å². The van der Waals surface area contributed by atoms with E-state index in [-0.39, 0.29) is 0 Å². The summed E-state index contributed by atoms with van der Waals surface area (Å²) in [6, 6.07) is 0. The van der Waals surface area contributed by atoms with Gasteiger partial charge < -0.3 is 5.11 Å². The summed E-state index contributed by atoms with van der Waals surface area (Å²) >= 11 is 0.700. The Morgan fingerprint density at radius 3 is 2.00 bits per heavy atom. The van der Waals surface area contributed by atoms with Gasteiger partial charge in [-0.3, -0.25) is 4.79 Å². The second kappa shape index (κ2) is 10.0. The summed E-state index contributed by atoms with van der Waals surface area (Å²) in [5.41, 5.74) is 0. The molecule has 0 rings (SSSR count). The van der Waals surface area contributed by atoms with Gasteiger partial charge in [0.1, 0.15) is 0 Å². The third kappa shape index (κ3) is 16.7. The summed E-state index contributed by atoms with van der Waals surface area (Å²) in [4.78, 5) is 9.60. The molecule has 0 aliphatic rings. The molecule has 1 N–H and O–H groups in total. The number of carboxylic acids is 1. The van der Waals surface area contributed by atoms with Crippen molar-refractivity contribution in [2.75, 3.05) is 0 Å². The fourth-order valence-electron chi connectivity index (χ4n) is 0.214. The number of hydrogen-bond acceptors (Lipinski definition) is 2. The van der Waals surface area contributed by atoms with E-state index in [1.165, 1.54) is 0 Å². The number of carbonyl (C=O) groups is 1. The summed E-state index contributed by atoms with van der Waals surface area (Å²) in [6.07, 6.45) is 1.02. The van der Waals surface area contributed by atoms with Crippen molar-refractivity contribution in [3.8, 4) is 0 Å². The molecular formula is C4H8MoO3. The molecule has 0 aromatic carbocycles. The van der Waals surface area contributed by atoms with Gasteiger partial charge in [0.2, 0.25) is 0 Å². The Balaban J connectivity index is 0. The molecule has 4 heteroatoms. The molecule has 48 valence electrons. The van der Waals surface area contributed by atoms with Gasteiger partial charge in [0.25, 0.3) is 0 Å². The summed E-state index contributed by atoms with van der Waals surface area (Å²) in [7, 11) is 0. The molecule has 3 nitrogen and oxygen atoms in total. The van der Waals surface area contributed by atoms with Gasteiger partial charge in [-0.1, -0.05) is 6.92 Å². The maximum absolute atomic E-state index is 9.60. The van der Waals surface area contributed by atoms with E-state index in [4.69, 9.17) is 8.50 Å². The summed E-state index contributed by atoms with van der Waals surface area (Å²) in [6.45, 7) is 1.84. The van der Waals surface area contributed by atoms with Crippen molar-refractivity contribution in [3.63, 3.8) is 0 Å². The minimum atomic E-state index is -0.711. The second-order valence-electron chi connectivity index (χ2n) is 1.14. The fraction of sp³-hybridized carbons (Fsp3) is 0.750. The SMILES string of the molecule is CCCC(=O)O.[O]=[Mo]. The standard InChI is InChI=1S/C4H8O2.Mo.O/c1-2-3-4(5)6;;/h2-3H2,1H3,(H,5,6);;. The molecule has 0 spiro atoms. The first-order valence-electron chi connectivity index (χ1n) is 2.16. The van der Waals surface area contributed by atoms with Crippen LogP contribution in [0.25, 0.3) is 0 Å². The molecule has 0 aliphatic heterocycles. The Morgan fingerprint density at radius 1 is 1.62 bits per heavy atom. The fourth-order valence-corrected chi connectivity index (χ4v) is 0.214. The van der Waals surface area contributed by atoms with Crippen molar-refractivity contribution >= 4 is 5.97 Å². The molecule has 0 fully saturated rings. The Labute approximate surface area is 59.3 Å². The summed E-state index contributed by atoms with van der Waals surface area (Å²) in [5.74, 6) is -0.711. The Hall–Kier alpha value is -0.0417. The molecule has 0 saturated heterocycles. The first-order valence-corrected chi connectivity index (χ1v) is 2.97. The van der Waals surface area contributed by atoms with Gasteiger partial charge in [-0.25, -0.2) is 0 Å². The Kier molecular flexibility index (Phi) is 13.6. The van der Waals surface area contributed by atoms with Gasteiger partial charge in [0.15, 0.2) is 0 Å². The summed E-state index contributed by atoms with van der Waals surface area (Å²) < 4.78 is 8.26. The van der Waals surface area contributed by atoms with Crippen molar-refractivity contribution in [2.24, 2.45) is 0 Å². The molecule has 0 heterocycles. The average Bonchev–Trinajstić information content (AvgIpc) is 1.72. The summed E-state index contributed by atoms with van der Waals surface area (Å²) in [5, 5.41) is 7.91. The van der Waals surface area contributed by atoms with E-state index >= 15 is 0 Å². The molecule has 8 heavy (non-hydrogen) atoms. The predicted octanol–water partition coefficient (Wildman–Crippen LogP) is 0.750. The van der Waals surface area contributed by atoms with Gasteiger partial charge in [0, 0.05) is 6.42 Å². The van der Waals surface area contributed by atoms with Crippen molar-refractivity contribution in [3.05, 3.63) is 0 Å². The zero-order valence-electron chi connectivity index (χ0n) is 4.59. The molecule has 0 aliphatic carbocycles. The predicted molar refractivity (Wildman–Crippen MR) is 23.2 cm³/mol. The van der Waals surface area contributed by atoms with E-state index in [9.17, 15) is 4.79 Å². The van der Waals surface area contributed by atoms with Crippen LogP contribution in [0.2, 0.25) is 0 Å². The van der Waals surface area contributed by atoms with Crippen LogP contribution in [0.1, 0.15) is 19.8 Å². The average molecular weight is 200 g/mol. The molecule has 0 saturated carbocycles. The maximum atomic E-state index is 9.60. The molecule has 0 aromatic rings. The third-order valence-electron chi connectivity index (χ3n) is 0.464. The van der Waals surface area contributed by atoms with Crippen molar-refractivity contribution in [1.82, 2.24) is 0 Å².